The number of nitrogens with zero attached hydrogens (tertiary/aromatic N) is 2. The van der Waals surface area contributed by atoms with Gasteiger partial charge in [0.25, 0.3) is 0 Å². The van der Waals surface area contributed by atoms with Crippen LogP contribution in [0, 0.1) is 5.92 Å². The zero-order valence-corrected chi connectivity index (χ0v) is 17.4. The lowest BCUT2D eigenvalue weighted by Gasteiger charge is -2.28. The monoisotopic (exact) mass is 406 g/mol. The lowest BCUT2D eigenvalue weighted by atomic mass is 9.85. The molecule has 2 bridgehead atoms. The number of halogens is 1. The predicted molar refractivity (Wildman–Crippen MR) is 112 cm³/mol. The van der Waals surface area contributed by atoms with Crippen molar-refractivity contribution >= 4 is 34.8 Å². The second-order valence-corrected chi connectivity index (χ2v) is 9.11. The number of anilines is 1. The average molecular weight is 407 g/mol. The first-order valence-corrected chi connectivity index (χ1v) is 10.3. The van der Waals surface area contributed by atoms with Crippen LogP contribution in [0.5, 0.6) is 0 Å². The van der Waals surface area contributed by atoms with Gasteiger partial charge in [0.05, 0.1) is 0 Å². The van der Waals surface area contributed by atoms with Crippen LogP contribution in [-0.2, 0) is 10.2 Å². The van der Waals surface area contributed by atoms with Crippen molar-refractivity contribution < 1.29 is 4.79 Å². The molecule has 0 radical (unpaired) electrons. The van der Waals surface area contributed by atoms with Crippen LogP contribution in [0.3, 0.4) is 0 Å². The molecule has 4 rings (SSSR count). The number of fused-ring (bicyclic) bond motifs is 2. The highest BCUT2D eigenvalue weighted by Gasteiger charge is 2.34. The third-order valence-corrected chi connectivity index (χ3v) is 6.91. The van der Waals surface area contributed by atoms with E-state index in [0.717, 1.165) is 17.8 Å². The highest BCUT2D eigenvalue weighted by molar-refractivity contribution is 7.15. The molecule has 146 valence electrons. The Bertz CT molecular complexity index is 767. The van der Waals surface area contributed by atoms with Gasteiger partial charge in [0, 0.05) is 23.9 Å². The van der Waals surface area contributed by atoms with Crippen LogP contribution in [0.1, 0.15) is 56.5 Å². The Morgan fingerprint density at radius 1 is 1.19 bits per heavy atom. The molecule has 0 saturated carbocycles. The van der Waals surface area contributed by atoms with E-state index in [1.807, 2.05) is 18.2 Å². The molecule has 2 aliphatic heterocycles. The number of hydrogen-bond acceptors (Lipinski definition) is 5. The maximum atomic E-state index is 12.5. The van der Waals surface area contributed by atoms with Crippen molar-refractivity contribution in [3.8, 4) is 0 Å². The van der Waals surface area contributed by atoms with Crippen LogP contribution >= 0.6 is 23.7 Å². The van der Waals surface area contributed by atoms with Gasteiger partial charge in [-0.15, -0.1) is 22.6 Å². The normalized spacial score (nSPS) is 24.3. The maximum absolute atomic E-state index is 12.5. The van der Waals surface area contributed by atoms with Gasteiger partial charge in [-0.1, -0.05) is 41.7 Å². The maximum Gasteiger partial charge on any atom is 0.226 e. The van der Waals surface area contributed by atoms with Crippen molar-refractivity contribution in [2.75, 3.05) is 5.32 Å². The number of rotatable bonds is 5. The molecule has 0 aliphatic carbocycles. The van der Waals surface area contributed by atoms with Crippen LogP contribution in [0.15, 0.2) is 30.3 Å². The second-order valence-electron chi connectivity index (χ2n) is 8.13. The molecule has 2 N–H and O–H groups in total. The van der Waals surface area contributed by atoms with Crippen molar-refractivity contribution in [1.29, 1.82) is 0 Å². The van der Waals surface area contributed by atoms with Crippen molar-refractivity contribution in [2.45, 2.75) is 63.5 Å². The van der Waals surface area contributed by atoms with Crippen LogP contribution in [-0.4, -0.2) is 28.2 Å². The van der Waals surface area contributed by atoms with E-state index in [2.05, 4.69) is 46.8 Å². The molecule has 1 amide bonds. The Hall–Kier alpha value is -1.50. The van der Waals surface area contributed by atoms with Crippen LogP contribution < -0.4 is 10.6 Å². The molecule has 2 aliphatic rings. The molecule has 27 heavy (non-hydrogen) atoms. The molecule has 2 aromatic rings. The van der Waals surface area contributed by atoms with E-state index < -0.39 is 0 Å². The zero-order valence-electron chi connectivity index (χ0n) is 15.8. The lowest BCUT2D eigenvalue weighted by Crippen LogP contribution is -2.39. The number of benzene rings is 1. The molecular formula is C20H27ClN4OS. The average Bonchev–Trinajstić information content (AvgIpc) is 3.22. The Labute approximate surface area is 170 Å². The summed E-state index contributed by atoms with van der Waals surface area (Å²) in [5, 5.41) is 16.7. The van der Waals surface area contributed by atoms with Crippen molar-refractivity contribution in [3.63, 3.8) is 0 Å². The van der Waals surface area contributed by atoms with E-state index in [0.29, 0.717) is 29.6 Å². The fraction of sp³-hybridized carbons (Fsp3) is 0.550. The Morgan fingerprint density at radius 2 is 1.85 bits per heavy atom. The van der Waals surface area contributed by atoms with Crippen LogP contribution in [0.2, 0.25) is 0 Å². The Balaban J connectivity index is 0.00000210. The number of amides is 1. The summed E-state index contributed by atoms with van der Waals surface area (Å²) in [7, 11) is 0. The number of carbonyl (C=O) groups is 1. The van der Waals surface area contributed by atoms with Gasteiger partial charge in [-0.3, -0.25) is 4.79 Å². The van der Waals surface area contributed by atoms with Gasteiger partial charge in [0.15, 0.2) is 0 Å². The van der Waals surface area contributed by atoms with E-state index >= 15 is 0 Å². The van der Waals surface area contributed by atoms with E-state index in [4.69, 9.17) is 0 Å². The fourth-order valence-corrected chi connectivity index (χ4v) is 5.16. The lowest BCUT2D eigenvalue weighted by molar-refractivity contribution is -0.117. The molecule has 2 unspecified atom stereocenters. The molecule has 2 atom stereocenters. The first-order chi connectivity index (χ1) is 12.5. The summed E-state index contributed by atoms with van der Waals surface area (Å²) in [6.45, 7) is 4.28. The van der Waals surface area contributed by atoms with Gasteiger partial charge >= 0.3 is 0 Å². The second kappa shape index (κ2) is 8.25. The van der Waals surface area contributed by atoms with Gasteiger partial charge in [0.2, 0.25) is 11.0 Å². The molecule has 1 aromatic carbocycles. The van der Waals surface area contributed by atoms with Gasteiger partial charge in [0.1, 0.15) is 5.01 Å². The topological polar surface area (TPSA) is 66.9 Å². The number of nitrogens with one attached hydrogen (secondary N) is 2. The van der Waals surface area contributed by atoms with Gasteiger partial charge in [-0.05, 0) is 51.0 Å². The van der Waals surface area contributed by atoms with Crippen molar-refractivity contribution in [1.82, 2.24) is 15.5 Å². The molecule has 0 spiro atoms. The standard InChI is InChI=1S/C20H26N4OS.ClH/c1-20(2,14-6-4-3-5-7-14)18-23-24-19(26-18)22-17(25)12-13-10-15-8-9-16(11-13)21-15;/h3-7,13,15-16,21H,8-12H2,1-2H3,(H,22,24,25);1H. The van der Waals surface area contributed by atoms with Crippen molar-refractivity contribution in [3.05, 3.63) is 40.9 Å². The summed E-state index contributed by atoms with van der Waals surface area (Å²) in [5.74, 6) is 0.554. The molecule has 7 heteroatoms. The van der Waals surface area contributed by atoms with E-state index in [-0.39, 0.29) is 23.7 Å². The van der Waals surface area contributed by atoms with Crippen molar-refractivity contribution in [2.24, 2.45) is 5.92 Å². The third-order valence-electron chi connectivity index (χ3n) is 5.75. The predicted octanol–water partition coefficient (Wildman–Crippen LogP) is 4.15. The summed E-state index contributed by atoms with van der Waals surface area (Å²) >= 11 is 1.47. The number of hydrogen-bond donors (Lipinski definition) is 2. The first-order valence-electron chi connectivity index (χ1n) is 9.46. The number of carbonyl (C=O) groups excluding carboxylic acids is 1. The molecule has 3 heterocycles. The SMILES string of the molecule is CC(C)(c1ccccc1)c1nnc(NC(=O)CC2CC3CCC(C2)N3)s1.Cl. The van der Waals surface area contributed by atoms with E-state index in [1.54, 1.807) is 0 Å². The quantitative estimate of drug-likeness (QED) is 0.782. The molecule has 5 nitrogen and oxygen atoms in total. The number of aromatic nitrogens is 2. The Kier molecular flexibility index (Phi) is 6.18. The van der Waals surface area contributed by atoms with Crippen LogP contribution in [0.4, 0.5) is 5.13 Å². The van der Waals surface area contributed by atoms with Crippen LogP contribution in [0.25, 0.3) is 0 Å². The minimum atomic E-state index is -0.226. The van der Waals surface area contributed by atoms with Gasteiger partial charge < -0.3 is 10.6 Å². The highest BCUT2D eigenvalue weighted by atomic mass is 35.5. The summed E-state index contributed by atoms with van der Waals surface area (Å²) in [5.41, 5.74) is 0.968. The first kappa shape index (κ1) is 20.2. The largest absolute Gasteiger partial charge is 0.311 e. The van der Waals surface area contributed by atoms with Gasteiger partial charge in [-0.25, -0.2) is 0 Å². The molecule has 2 saturated heterocycles. The minimum Gasteiger partial charge on any atom is -0.311 e. The summed E-state index contributed by atoms with van der Waals surface area (Å²) < 4.78 is 0. The fourth-order valence-electron chi connectivity index (χ4n) is 4.28. The van der Waals surface area contributed by atoms with Gasteiger partial charge in [-0.2, -0.15) is 0 Å². The zero-order chi connectivity index (χ0) is 18.1. The summed E-state index contributed by atoms with van der Waals surface area (Å²) in [4.78, 5) is 12.5. The summed E-state index contributed by atoms with van der Waals surface area (Å²) in [6.07, 6.45) is 5.35. The number of piperidine rings is 1. The van der Waals surface area contributed by atoms with E-state index in [1.165, 1.54) is 29.7 Å². The minimum absolute atomic E-state index is 0. The Morgan fingerprint density at radius 3 is 2.52 bits per heavy atom. The molecule has 2 fully saturated rings. The third kappa shape index (κ3) is 4.50. The highest BCUT2D eigenvalue weighted by Crippen LogP contribution is 2.35. The molecule has 1 aromatic heterocycles. The summed E-state index contributed by atoms with van der Waals surface area (Å²) in [6, 6.07) is 11.5. The molecular weight excluding hydrogens is 380 g/mol. The van der Waals surface area contributed by atoms with E-state index in [9.17, 15) is 4.79 Å². The smallest absolute Gasteiger partial charge is 0.226 e.